The van der Waals surface area contributed by atoms with Crippen LogP contribution in [0.2, 0.25) is 0 Å². The molecule has 0 fully saturated rings. The topological polar surface area (TPSA) is 113 Å². The molecule has 0 radical (unpaired) electrons. The Bertz CT molecular complexity index is 761. The zero-order valence-corrected chi connectivity index (χ0v) is 13.3. The lowest BCUT2D eigenvalue weighted by Gasteiger charge is -2.30. The average molecular weight is 334 g/mol. The van der Waals surface area contributed by atoms with Gasteiger partial charge in [-0.15, -0.1) is 0 Å². The number of aliphatic hydroxyl groups is 1. The molecule has 0 saturated carbocycles. The van der Waals surface area contributed by atoms with Gasteiger partial charge in [0.15, 0.2) is 23.0 Å². The van der Waals surface area contributed by atoms with E-state index < -0.39 is 23.4 Å². The molecule has 3 rings (SSSR count). The smallest absolute Gasteiger partial charge is 0.232 e. The van der Waals surface area contributed by atoms with Crippen LogP contribution in [0.25, 0.3) is 0 Å². The summed E-state index contributed by atoms with van der Waals surface area (Å²) < 4.78 is 10.5. The Balaban J connectivity index is 2.14. The van der Waals surface area contributed by atoms with Crippen molar-refractivity contribution in [3.63, 3.8) is 0 Å². The first-order valence-electron chi connectivity index (χ1n) is 7.65. The molecule has 128 valence electrons. The van der Waals surface area contributed by atoms with E-state index in [-0.39, 0.29) is 34.5 Å². The van der Waals surface area contributed by atoms with Crippen LogP contribution in [0.5, 0.6) is 17.2 Å². The number of rotatable bonds is 3. The SMILES string of the molecule is COC1=CC(=O)c2c(O)c3c(c(O)c2C1=O)OC(CC(C)O)CC3. The van der Waals surface area contributed by atoms with Crippen molar-refractivity contribution in [3.05, 3.63) is 28.5 Å². The summed E-state index contributed by atoms with van der Waals surface area (Å²) in [4.78, 5) is 24.6. The van der Waals surface area contributed by atoms with E-state index in [9.17, 15) is 24.9 Å². The minimum absolute atomic E-state index is 0.0124. The Hall–Kier alpha value is -2.54. The Labute approximate surface area is 138 Å². The number of benzene rings is 1. The standard InChI is InChI=1S/C17H18O7/c1-7(18)5-8-3-4-9-14(20)12-10(19)6-11(23-2)15(21)13(12)16(22)17(9)24-8/h6-8,18,20,22H,3-5H2,1-2H3. The minimum Gasteiger partial charge on any atom is -0.507 e. The van der Waals surface area contributed by atoms with Gasteiger partial charge in [0.2, 0.25) is 5.78 Å². The van der Waals surface area contributed by atoms with Gasteiger partial charge in [0, 0.05) is 18.1 Å². The highest BCUT2D eigenvalue weighted by Crippen LogP contribution is 2.48. The molecule has 7 heteroatoms. The number of hydrogen-bond acceptors (Lipinski definition) is 7. The summed E-state index contributed by atoms with van der Waals surface area (Å²) in [7, 11) is 1.24. The molecule has 2 aliphatic rings. The van der Waals surface area contributed by atoms with Crippen molar-refractivity contribution in [2.75, 3.05) is 7.11 Å². The van der Waals surface area contributed by atoms with Crippen LogP contribution in [0.15, 0.2) is 11.8 Å². The number of allylic oxidation sites excluding steroid dienone is 2. The highest BCUT2D eigenvalue weighted by Gasteiger charge is 2.38. The number of aromatic hydroxyl groups is 2. The van der Waals surface area contributed by atoms with E-state index in [0.717, 1.165) is 6.08 Å². The summed E-state index contributed by atoms with van der Waals surface area (Å²) in [5.41, 5.74) is -0.244. The first-order chi connectivity index (χ1) is 11.3. The number of fused-ring (bicyclic) bond motifs is 2. The minimum atomic E-state index is -0.691. The van der Waals surface area contributed by atoms with Crippen molar-refractivity contribution in [1.29, 1.82) is 0 Å². The van der Waals surface area contributed by atoms with Crippen LogP contribution >= 0.6 is 0 Å². The molecule has 1 aromatic rings. The Morgan fingerprint density at radius 2 is 2.00 bits per heavy atom. The number of phenols is 2. The summed E-state index contributed by atoms with van der Waals surface area (Å²) in [6, 6.07) is 0. The fourth-order valence-corrected chi connectivity index (χ4v) is 3.18. The fourth-order valence-electron chi connectivity index (χ4n) is 3.18. The number of phenolic OH excluding ortho intramolecular Hbond substituents is 2. The molecule has 1 aliphatic carbocycles. The normalized spacial score (nSPS) is 20.6. The first-order valence-corrected chi connectivity index (χ1v) is 7.65. The highest BCUT2D eigenvalue weighted by atomic mass is 16.5. The van der Waals surface area contributed by atoms with Gasteiger partial charge in [-0.1, -0.05) is 0 Å². The van der Waals surface area contributed by atoms with Gasteiger partial charge in [-0.05, 0) is 19.8 Å². The van der Waals surface area contributed by atoms with Crippen molar-refractivity contribution in [2.24, 2.45) is 0 Å². The second-order valence-corrected chi connectivity index (χ2v) is 6.02. The van der Waals surface area contributed by atoms with Gasteiger partial charge in [0.25, 0.3) is 0 Å². The molecule has 2 atom stereocenters. The van der Waals surface area contributed by atoms with Gasteiger partial charge in [-0.2, -0.15) is 0 Å². The Morgan fingerprint density at radius 3 is 2.62 bits per heavy atom. The monoisotopic (exact) mass is 334 g/mol. The van der Waals surface area contributed by atoms with E-state index in [1.54, 1.807) is 6.92 Å². The molecule has 1 aromatic carbocycles. The summed E-state index contributed by atoms with van der Waals surface area (Å²) in [5, 5.41) is 30.4. The van der Waals surface area contributed by atoms with Crippen LogP contribution in [-0.2, 0) is 11.2 Å². The molecule has 0 spiro atoms. The summed E-state index contributed by atoms with van der Waals surface area (Å²) in [6.07, 6.45) is 1.29. The second kappa shape index (κ2) is 5.83. The molecule has 2 unspecified atom stereocenters. The van der Waals surface area contributed by atoms with Crippen molar-refractivity contribution in [2.45, 2.75) is 38.4 Å². The number of carbonyl (C=O) groups excluding carboxylic acids is 2. The van der Waals surface area contributed by atoms with Crippen LogP contribution in [-0.4, -0.2) is 46.2 Å². The van der Waals surface area contributed by atoms with Gasteiger partial charge in [-0.25, -0.2) is 0 Å². The molecule has 0 aromatic heterocycles. The van der Waals surface area contributed by atoms with Crippen molar-refractivity contribution in [1.82, 2.24) is 0 Å². The number of methoxy groups -OCH3 is 1. The third kappa shape index (κ3) is 2.41. The molecular formula is C17H18O7. The molecule has 0 amide bonds. The number of Topliss-reactive ketones (excluding diaryl/α,β-unsaturated/α-hetero) is 1. The lowest BCUT2D eigenvalue weighted by Crippen LogP contribution is -2.28. The molecule has 0 saturated heterocycles. The van der Waals surface area contributed by atoms with Gasteiger partial charge in [-0.3, -0.25) is 9.59 Å². The quantitative estimate of drug-likeness (QED) is 0.717. The number of aliphatic hydroxyl groups excluding tert-OH is 1. The van der Waals surface area contributed by atoms with Gasteiger partial charge in [0.1, 0.15) is 11.9 Å². The Morgan fingerprint density at radius 1 is 1.29 bits per heavy atom. The molecular weight excluding hydrogens is 316 g/mol. The van der Waals surface area contributed by atoms with E-state index >= 15 is 0 Å². The second-order valence-electron chi connectivity index (χ2n) is 6.02. The van der Waals surface area contributed by atoms with E-state index in [2.05, 4.69) is 0 Å². The molecule has 24 heavy (non-hydrogen) atoms. The lowest BCUT2D eigenvalue weighted by atomic mass is 9.86. The van der Waals surface area contributed by atoms with Crippen LogP contribution in [0.3, 0.4) is 0 Å². The maximum atomic E-state index is 12.4. The van der Waals surface area contributed by atoms with E-state index in [1.165, 1.54) is 7.11 Å². The largest absolute Gasteiger partial charge is 0.507 e. The Kier molecular flexibility index (Phi) is 3.96. The van der Waals surface area contributed by atoms with E-state index in [0.29, 0.717) is 24.8 Å². The predicted octanol–water partition coefficient (Wildman–Crippen LogP) is 1.47. The molecule has 7 nitrogen and oxygen atoms in total. The number of ketones is 2. The van der Waals surface area contributed by atoms with Gasteiger partial charge in [0.05, 0.1) is 24.3 Å². The zero-order chi connectivity index (χ0) is 17.6. The van der Waals surface area contributed by atoms with Crippen molar-refractivity contribution >= 4 is 11.6 Å². The van der Waals surface area contributed by atoms with Crippen LogP contribution in [0.1, 0.15) is 46.0 Å². The van der Waals surface area contributed by atoms with E-state index in [4.69, 9.17) is 9.47 Å². The van der Waals surface area contributed by atoms with Crippen molar-refractivity contribution in [3.8, 4) is 17.2 Å². The average Bonchev–Trinajstić information content (AvgIpc) is 2.53. The van der Waals surface area contributed by atoms with Crippen LogP contribution in [0, 0.1) is 0 Å². The maximum absolute atomic E-state index is 12.4. The molecule has 1 heterocycles. The van der Waals surface area contributed by atoms with Crippen LogP contribution in [0.4, 0.5) is 0 Å². The third-order valence-electron chi connectivity index (χ3n) is 4.28. The molecule has 0 bridgehead atoms. The highest BCUT2D eigenvalue weighted by molar-refractivity contribution is 6.26. The summed E-state index contributed by atoms with van der Waals surface area (Å²) >= 11 is 0. The van der Waals surface area contributed by atoms with Gasteiger partial charge >= 0.3 is 0 Å². The van der Waals surface area contributed by atoms with Gasteiger partial charge < -0.3 is 24.8 Å². The van der Waals surface area contributed by atoms with E-state index in [1.807, 2.05) is 0 Å². The number of carbonyl (C=O) groups is 2. The first kappa shape index (κ1) is 16.3. The fraction of sp³-hybridized carbons (Fsp3) is 0.412. The molecule has 3 N–H and O–H groups in total. The van der Waals surface area contributed by atoms with Crippen LogP contribution < -0.4 is 4.74 Å². The molecule has 1 aliphatic heterocycles. The third-order valence-corrected chi connectivity index (χ3v) is 4.28. The number of hydrogen-bond donors (Lipinski definition) is 3. The predicted molar refractivity (Wildman–Crippen MR) is 82.6 cm³/mol. The number of ether oxygens (including phenoxy) is 2. The van der Waals surface area contributed by atoms with Crippen molar-refractivity contribution < 1.29 is 34.4 Å². The summed E-state index contributed by atoms with van der Waals surface area (Å²) in [6.45, 7) is 1.63. The zero-order valence-electron chi connectivity index (χ0n) is 13.3. The lowest BCUT2D eigenvalue weighted by molar-refractivity contribution is 0.0863. The summed E-state index contributed by atoms with van der Waals surface area (Å²) in [5.74, 6) is -2.35. The maximum Gasteiger partial charge on any atom is 0.232 e.